The van der Waals surface area contributed by atoms with E-state index in [1.807, 2.05) is 11.6 Å². The first-order valence-electron chi connectivity index (χ1n) is 8.74. The molecule has 2 aromatic heterocycles. The summed E-state index contributed by atoms with van der Waals surface area (Å²) in [4.78, 5) is 8.87. The molecule has 1 aromatic carbocycles. The lowest BCUT2D eigenvalue weighted by molar-refractivity contribution is 0.190. The van der Waals surface area contributed by atoms with E-state index in [0.717, 1.165) is 11.1 Å². The molecular formula is C19H20FN5O2. The van der Waals surface area contributed by atoms with Crippen molar-refractivity contribution in [3.05, 3.63) is 42.3 Å². The van der Waals surface area contributed by atoms with Crippen LogP contribution < -0.4 is 10.1 Å². The Kier molecular flexibility index (Phi) is 4.72. The molecule has 0 saturated heterocycles. The van der Waals surface area contributed by atoms with Crippen molar-refractivity contribution in [3.8, 4) is 28.4 Å². The highest BCUT2D eigenvalue weighted by Crippen LogP contribution is 2.40. The van der Waals surface area contributed by atoms with E-state index in [1.165, 1.54) is 12.1 Å². The minimum atomic E-state index is -0.286. The van der Waals surface area contributed by atoms with Crippen LogP contribution in [0.5, 0.6) is 5.88 Å². The average molecular weight is 369 g/mol. The number of nitrogens with one attached hydrogen (secondary N) is 1. The number of aromatic nitrogens is 4. The molecule has 1 aliphatic heterocycles. The Morgan fingerprint density at radius 1 is 1.30 bits per heavy atom. The zero-order valence-electron chi connectivity index (χ0n) is 15.1. The molecule has 0 spiro atoms. The highest BCUT2D eigenvalue weighted by atomic mass is 19.1. The van der Waals surface area contributed by atoms with Gasteiger partial charge in [0.05, 0.1) is 24.4 Å². The van der Waals surface area contributed by atoms with Crippen LogP contribution in [0.2, 0.25) is 0 Å². The fraction of sp³-hybridized carbons (Fsp3) is 0.316. The van der Waals surface area contributed by atoms with Crippen molar-refractivity contribution < 1.29 is 13.9 Å². The van der Waals surface area contributed by atoms with Crippen LogP contribution in [-0.4, -0.2) is 46.1 Å². The van der Waals surface area contributed by atoms with Gasteiger partial charge in [-0.3, -0.25) is 0 Å². The summed E-state index contributed by atoms with van der Waals surface area (Å²) >= 11 is 0. The Hall–Kier alpha value is -3.00. The second kappa shape index (κ2) is 7.32. The topological polar surface area (TPSA) is 74.1 Å². The van der Waals surface area contributed by atoms with E-state index < -0.39 is 0 Å². The second-order valence-electron chi connectivity index (χ2n) is 6.37. The summed E-state index contributed by atoms with van der Waals surface area (Å²) in [6.45, 7) is 3.77. The van der Waals surface area contributed by atoms with Gasteiger partial charge in [-0.1, -0.05) is 12.1 Å². The molecule has 1 aliphatic rings. The van der Waals surface area contributed by atoms with Crippen molar-refractivity contribution in [2.75, 3.05) is 25.6 Å². The number of anilines is 1. The standard InChI is InChI=1S/C19H20FN5O2/c1-12(11-26-2)22-19-21-8-7-15(23-19)17-16(13-3-5-14(20)6-4-13)18-25(24-17)9-10-27-18/h3-8,12H,9-11H2,1-2H3,(H,21,22,23)/t12-/m1/s1. The molecule has 0 aliphatic carbocycles. The third kappa shape index (κ3) is 3.48. The summed E-state index contributed by atoms with van der Waals surface area (Å²) in [5.41, 5.74) is 2.99. The largest absolute Gasteiger partial charge is 0.475 e. The fourth-order valence-electron chi connectivity index (χ4n) is 3.10. The van der Waals surface area contributed by atoms with Gasteiger partial charge in [0.1, 0.15) is 18.1 Å². The van der Waals surface area contributed by atoms with Gasteiger partial charge in [-0.2, -0.15) is 5.10 Å². The number of methoxy groups -OCH3 is 1. The maximum atomic E-state index is 13.4. The van der Waals surface area contributed by atoms with E-state index in [4.69, 9.17) is 9.47 Å². The monoisotopic (exact) mass is 369 g/mol. The Labute approximate surface area is 156 Å². The second-order valence-corrected chi connectivity index (χ2v) is 6.37. The van der Waals surface area contributed by atoms with Gasteiger partial charge in [-0.05, 0) is 30.7 Å². The van der Waals surface area contributed by atoms with Crippen molar-refractivity contribution in [2.24, 2.45) is 0 Å². The Balaban J connectivity index is 1.75. The highest BCUT2D eigenvalue weighted by Gasteiger charge is 2.26. The summed E-state index contributed by atoms with van der Waals surface area (Å²) in [6, 6.07) is 8.17. The van der Waals surface area contributed by atoms with Gasteiger partial charge in [0, 0.05) is 19.3 Å². The van der Waals surface area contributed by atoms with E-state index in [2.05, 4.69) is 20.4 Å². The van der Waals surface area contributed by atoms with E-state index >= 15 is 0 Å². The van der Waals surface area contributed by atoms with Crippen molar-refractivity contribution >= 4 is 5.95 Å². The van der Waals surface area contributed by atoms with Gasteiger partial charge in [0.15, 0.2) is 0 Å². The lowest BCUT2D eigenvalue weighted by Crippen LogP contribution is -2.22. The van der Waals surface area contributed by atoms with Crippen LogP contribution in [0.4, 0.5) is 10.3 Å². The molecule has 1 N–H and O–H groups in total. The van der Waals surface area contributed by atoms with Gasteiger partial charge in [-0.15, -0.1) is 0 Å². The summed E-state index contributed by atoms with van der Waals surface area (Å²) in [5, 5.41) is 7.88. The molecule has 3 heterocycles. The summed E-state index contributed by atoms with van der Waals surface area (Å²) < 4.78 is 26.1. The number of rotatable bonds is 6. The average Bonchev–Trinajstić information content (AvgIpc) is 3.24. The van der Waals surface area contributed by atoms with Gasteiger partial charge in [0.2, 0.25) is 11.8 Å². The highest BCUT2D eigenvalue weighted by molar-refractivity contribution is 5.83. The van der Waals surface area contributed by atoms with E-state index in [0.29, 0.717) is 43.0 Å². The fourth-order valence-corrected chi connectivity index (χ4v) is 3.10. The first-order chi connectivity index (χ1) is 13.2. The van der Waals surface area contributed by atoms with Crippen LogP contribution in [0.15, 0.2) is 36.5 Å². The minimum absolute atomic E-state index is 0.0668. The number of nitrogens with zero attached hydrogens (tertiary/aromatic N) is 4. The molecule has 0 saturated carbocycles. The molecule has 1 atom stereocenters. The number of hydrogen-bond donors (Lipinski definition) is 1. The number of hydrogen-bond acceptors (Lipinski definition) is 6. The van der Waals surface area contributed by atoms with E-state index in [-0.39, 0.29) is 11.9 Å². The number of benzene rings is 1. The van der Waals surface area contributed by atoms with Crippen LogP contribution >= 0.6 is 0 Å². The molecule has 0 unspecified atom stereocenters. The van der Waals surface area contributed by atoms with Crippen molar-refractivity contribution in [1.82, 2.24) is 19.7 Å². The maximum absolute atomic E-state index is 13.4. The normalized spacial score (nSPS) is 13.9. The molecule has 0 fully saturated rings. The molecule has 0 bridgehead atoms. The Morgan fingerprint density at radius 3 is 2.89 bits per heavy atom. The summed E-state index contributed by atoms with van der Waals surface area (Å²) in [7, 11) is 1.65. The van der Waals surface area contributed by atoms with E-state index in [9.17, 15) is 4.39 Å². The zero-order valence-corrected chi connectivity index (χ0v) is 15.1. The first kappa shape index (κ1) is 17.4. The number of fused-ring (bicyclic) bond motifs is 1. The molecular weight excluding hydrogens is 349 g/mol. The molecule has 7 nitrogen and oxygen atoms in total. The SMILES string of the molecule is COC[C@@H](C)Nc1nccc(-c2nn3c(c2-c2ccc(F)cc2)OCC3)n1. The smallest absolute Gasteiger partial charge is 0.223 e. The third-order valence-electron chi connectivity index (χ3n) is 4.27. The quantitative estimate of drug-likeness (QED) is 0.720. The van der Waals surface area contributed by atoms with Crippen molar-refractivity contribution in [1.29, 1.82) is 0 Å². The lowest BCUT2D eigenvalue weighted by Gasteiger charge is -2.13. The Bertz CT molecular complexity index is 942. The molecule has 3 aromatic rings. The van der Waals surface area contributed by atoms with Crippen LogP contribution in [0, 0.1) is 5.82 Å². The third-order valence-corrected chi connectivity index (χ3v) is 4.27. The number of ether oxygens (including phenoxy) is 2. The molecule has 4 rings (SSSR count). The zero-order chi connectivity index (χ0) is 18.8. The first-order valence-corrected chi connectivity index (χ1v) is 8.74. The summed E-state index contributed by atoms with van der Waals surface area (Å²) in [6.07, 6.45) is 1.68. The molecule has 0 radical (unpaired) electrons. The minimum Gasteiger partial charge on any atom is -0.475 e. The number of halogens is 1. The molecule has 0 amide bonds. The van der Waals surface area contributed by atoms with Crippen molar-refractivity contribution in [3.63, 3.8) is 0 Å². The maximum Gasteiger partial charge on any atom is 0.223 e. The van der Waals surface area contributed by atoms with Gasteiger partial charge in [0.25, 0.3) is 0 Å². The summed E-state index contributed by atoms with van der Waals surface area (Å²) in [5.74, 6) is 0.888. The van der Waals surface area contributed by atoms with Gasteiger partial charge >= 0.3 is 0 Å². The lowest BCUT2D eigenvalue weighted by atomic mass is 10.0. The predicted molar refractivity (Wildman–Crippen MR) is 99.1 cm³/mol. The van der Waals surface area contributed by atoms with Crippen molar-refractivity contribution in [2.45, 2.75) is 19.5 Å². The molecule has 27 heavy (non-hydrogen) atoms. The molecule has 8 heteroatoms. The van der Waals surface area contributed by atoms with Gasteiger partial charge < -0.3 is 14.8 Å². The Morgan fingerprint density at radius 2 is 2.11 bits per heavy atom. The van der Waals surface area contributed by atoms with Crippen LogP contribution in [0.25, 0.3) is 22.5 Å². The van der Waals surface area contributed by atoms with Crippen LogP contribution in [0.1, 0.15) is 6.92 Å². The van der Waals surface area contributed by atoms with Gasteiger partial charge in [-0.25, -0.2) is 19.0 Å². The molecule has 140 valence electrons. The van der Waals surface area contributed by atoms with E-state index in [1.54, 1.807) is 31.5 Å². The van der Waals surface area contributed by atoms with Crippen LogP contribution in [0.3, 0.4) is 0 Å². The predicted octanol–water partition coefficient (Wildman–Crippen LogP) is 2.99. The van der Waals surface area contributed by atoms with Crippen LogP contribution in [-0.2, 0) is 11.3 Å².